The summed E-state index contributed by atoms with van der Waals surface area (Å²) in [6, 6.07) is 3.59. The van der Waals surface area contributed by atoms with Crippen molar-refractivity contribution in [2.24, 2.45) is 5.14 Å². The molecule has 1 aromatic carbocycles. The summed E-state index contributed by atoms with van der Waals surface area (Å²) in [5.41, 5.74) is 2.96. The Morgan fingerprint density at radius 1 is 1.40 bits per heavy atom. The molecule has 11 heteroatoms. The van der Waals surface area contributed by atoms with Crippen molar-refractivity contribution >= 4 is 27.6 Å². The first-order valence-electron chi connectivity index (χ1n) is 7.24. The number of rotatable bonds is 5. The Morgan fingerprint density at radius 3 is 2.52 bits per heavy atom. The predicted octanol–water partition coefficient (Wildman–Crippen LogP) is -0.729. The number of primary sulfonamides is 1. The number of benzene rings is 1. The fourth-order valence-electron chi connectivity index (χ4n) is 2.18. The number of allylic oxidation sites excluding steroid dienone is 1. The van der Waals surface area contributed by atoms with Gasteiger partial charge in [0.1, 0.15) is 5.70 Å². The summed E-state index contributed by atoms with van der Waals surface area (Å²) >= 11 is 0. The normalized spacial score (nSPS) is 17.9. The minimum absolute atomic E-state index is 0.0594. The number of hydroxylamine groups is 1. The van der Waals surface area contributed by atoms with Crippen molar-refractivity contribution in [1.82, 2.24) is 5.12 Å². The molecule has 0 aliphatic carbocycles. The summed E-state index contributed by atoms with van der Waals surface area (Å²) in [5, 5.41) is 17.4. The second-order valence-corrected chi connectivity index (χ2v) is 6.81. The summed E-state index contributed by atoms with van der Waals surface area (Å²) in [7, 11) is -4.24. The molecular weight excluding hydrogens is 352 g/mol. The van der Waals surface area contributed by atoms with E-state index < -0.39 is 32.0 Å². The fraction of sp³-hybridized carbons (Fsp3) is 0.286. The lowest BCUT2D eigenvalue weighted by Gasteiger charge is -2.28. The second-order valence-electron chi connectivity index (χ2n) is 5.28. The molecule has 1 atom stereocenters. The van der Waals surface area contributed by atoms with E-state index in [-0.39, 0.29) is 29.1 Å². The third kappa shape index (κ3) is 3.64. The quantitative estimate of drug-likeness (QED) is 0.457. The van der Waals surface area contributed by atoms with Crippen LogP contribution in [0.25, 0.3) is 0 Å². The Morgan fingerprint density at radius 2 is 2.04 bits per heavy atom. The van der Waals surface area contributed by atoms with Crippen LogP contribution in [0.4, 0.5) is 5.69 Å². The number of amides is 1. The first-order valence-corrected chi connectivity index (χ1v) is 8.79. The van der Waals surface area contributed by atoms with Gasteiger partial charge in [0, 0.05) is 6.92 Å². The number of carbonyl (C=O) groups is 2. The molecule has 1 aromatic rings. The Hall–Kier alpha value is -2.47. The van der Waals surface area contributed by atoms with Crippen LogP contribution in [0.1, 0.15) is 31.1 Å². The van der Waals surface area contributed by atoms with Gasteiger partial charge in [-0.3, -0.25) is 10.2 Å². The number of hydrogen-bond donors (Lipinski definition) is 3. The number of nitrogens with one attached hydrogen (secondary N) is 2. The largest absolute Gasteiger partial charge is 0.601 e. The molecular formula is C14H18N4O6S. The maximum Gasteiger partial charge on any atom is 0.339 e. The van der Waals surface area contributed by atoms with Crippen LogP contribution in [0, 0.1) is 5.21 Å². The maximum absolute atomic E-state index is 12.0. The zero-order chi connectivity index (χ0) is 18.9. The first kappa shape index (κ1) is 18.9. The average Bonchev–Trinajstić information content (AvgIpc) is 2.72. The van der Waals surface area contributed by atoms with Crippen LogP contribution in [-0.2, 0) is 19.6 Å². The zero-order valence-corrected chi connectivity index (χ0v) is 14.6. The summed E-state index contributed by atoms with van der Waals surface area (Å²) in [4.78, 5) is 23.4. The molecule has 0 fully saturated rings. The van der Waals surface area contributed by atoms with E-state index in [4.69, 9.17) is 9.88 Å². The highest BCUT2D eigenvalue weighted by molar-refractivity contribution is 7.89. The van der Waals surface area contributed by atoms with Gasteiger partial charge < -0.3 is 9.94 Å². The van der Waals surface area contributed by atoms with Crippen molar-refractivity contribution in [3.63, 3.8) is 0 Å². The van der Waals surface area contributed by atoms with Crippen LogP contribution in [0.15, 0.2) is 34.4 Å². The Kier molecular flexibility index (Phi) is 5.13. The maximum atomic E-state index is 12.0. The standard InChI is InChI=1S/C14H18N4O6S/c1-4-24-14(20)11-6-5-10(7-12(11)25(15,22)23)16-17-13(19)8(2)9(3)18(17)21/h5-7,16,18H,4H2,1-3H3,(H2,15,22,23). The lowest BCUT2D eigenvalue weighted by molar-refractivity contribution is -0.913. The van der Waals surface area contributed by atoms with Gasteiger partial charge in [-0.05, 0) is 32.0 Å². The number of quaternary nitrogens is 1. The Labute approximate surface area is 144 Å². The van der Waals surface area contributed by atoms with Gasteiger partial charge in [0.25, 0.3) is 0 Å². The lowest BCUT2D eigenvalue weighted by atomic mass is 10.2. The Balaban J connectivity index is 2.39. The van der Waals surface area contributed by atoms with E-state index in [0.29, 0.717) is 0 Å². The number of anilines is 1. The van der Waals surface area contributed by atoms with Gasteiger partial charge in [0.05, 0.1) is 28.3 Å². The van der Waals surface area contributed by atoms with Gasteiger partial charge in [-0.25, -0.2) is 23.5 Å². The van der Waals surface area contributed by atoms with Gasteiger partial charge in [0.15, 0.2) is 0 Å². The summed E-state index contributed by atoms with van der Waals surface area (Å²) in [6.07, 6.45) is 0. The molecule has 4 N–H and O–H groups in total. The molecule has 0 radical (unpaired) electrons. The van der Waals surface area contributed by atoms with Crippen LogP contribution in [-0.4, -0.2) is 32.0 Å². The molecule has 25 heavy (non-hydrogen) atoms. The second kappa shape index (κ2) is 6.80. The topological polar surface area (TPSA) is 146 Å². The number of nitrogens with two attached hydrogens (primary N) is 1. The smallest absolute Gasteiger partial charge is 0.339 e. The van der Waals surface area contributed by atoms with E-state index >= 15 is 0 Å². The van der Waals surface area contributed by atoms with Crippen molar-refractivity contribution in [2.75, 3.05) is 12.0 Å². The molecule has 1 aliphatic rings. The van der Waals surface area contributed by atoms with E-state index in [1.165, 1.54) is 26.0 Å². The number of nitrogens with zero attached hydrogens (tertiary/aromatic N) is 1. The van der Waals surface area contributed by atoms with E-state index in [0.717, 1.165) is 11.2 Å². The van der Waals surface area contributed by atoms with Crippen LogP contribution in [0.2, 0.25) is 0 Å². The third-order valence-corrected chi connectivity index (χ3v) is 4.59. The van der Waals surface area contributed by atoms with Gasteiger partial charge >= 0.3 is 11.9 Å². The van der Waals surface area contributed by atoms with Crippen molar-refractivity contribution in [2.45, 2.75) is 25.7 Å². The number of sulfonamides is 1. The molecule has 0 saturated carbocycles. The average molecular weight is 370 g/mol. The lowest BCUT2D eigenvalue weighted by Crippen LogP contribution is -3.11. The Bertz CT molecular complexity index is 864. The van der Waals surface area contributed by atoms with E-state index in [2.05, 4.69) is 5.43 Å². The number of carbonyl (C=O) groups excluding carboxylic acids is 2. The molecule has 0 saturated heterocycles. The summed E-state index contributed by atoms with van der Waals surface area (Å²) in [6.45, 7) is 4.66. The van der Waals surface area contributed by atoms with Crippen LogP contribution < -0.4 is 15.7 Å². The molecule has 1 amide bonds. The van der Waals surface area contributed by atoms with E-state index in [9.17, 15) is 23.2 Å². The SMILES string of the molecule is CCOC(=O)c1ccc(NN2C(=O)C(C)=C(C)[NH+]2[O-])cc1S(N)(=O)=O. The van der Waals surface area contributed by atoms with Crippen LogP contribution >= 0.6 is 0 Å². The first-order chi connectivity index (χ1) is 11.6. The number of hydrazine groups is 1. The molecule has 136 valence electrons. The van der Waals surface area contributed by atoms with Gasteiger partial charge in [-0.2, -0.15) is 0 Å². The highest BCUT2D eigenvalue weighted by Crippen LogP contribution is 2.22. The van der Waals surface area contributed by atoms with E-state index in [1.807, 2.05) is 0 Å². The zero-order valence-electron chi connectivity index (χ0n) is 13.8. The van der Waals surface area contributed by atoms with Crippen LogP contribution in [0.3, 0.4) is 0 Å². The minimum Gasteiger partial charge on any atom is -0.601 e. The summed E-state index contributed by atoms with van der Waals surface area (Å²) in [5.74, 6) is -1.39. The molecule has 0 aromatic heterocycles. The number of esters is 1. The molecule has 2 rings (SSSR count). The number of ether oxygens (including phenoxy) is 1. The van der Waals surface area contributed by atoms with Crippen molar-refractivity contribution < 1.29 is 27.9 Å². The molecule has 0 bridgehead atoms. The third-order valence-electron chi connectivity index (χ3n) is 3.63. The molecule has 10 nitrogen and oxygen atoms in total. The van der Waals surface area contributed by atoms with Crippen molar-refractivity contribution in [3.8, 4) is 0 Å². The van der Waals surface area contributed by atoms with Crippen molar-refractivity contribution in [1.29, 1.82) is 0 Å². The molecule has 1 unspecified atom stereocenters. The van der Waals surface area contributed by atoms with Crippen molar-refractivity contribution in [3.05, 3.63) is 40.2 Å². The van der Waals surface area contributed by atoms with E-state index in [1.54, 1.807) is 6.92 Å². The predicted molar refractivity (Wildman–Crippen MR) is 86.9 cm³/mol. The van der Waals surface area contributed by atoms with Gasteiger partial charge in [-0.1, -0.05) is 5.12 Å². The monoisotopic (exact) mass is 370 g/mol. The molecule has 1 aliphatic heterocycles. The number of hydrogen-bond acceptors (Lipinski definition) is 7. The molecule has 0 spiro atoms. The molecule has 1 heterocycles. The summed E-state index contributed by atoms with van der Waals surface area (Å²) < 4.78 is 28.3. The highest BCUT2D eigenvalue weighted by Gasteiger charge is 2.34. The minimum atomic E-state index is -4.24. The highest BCUT2D eigenvalue weighted by atomic mass is 32.2. The van der Waals surface area contributed by atoms with Crippen LogP contribution in [0.5, 0.6) is 0 Å². The fourth-order valence-corrected chi connectivity index (χ4v) is 2.93. The van der Waals surface area contributed by atoms with Gasteiger partial charge in [0.2, 0.25) is 10.0 Å². The van der Waals surface area contributed by atoms with Gasteiger partial charge in [-0.15, -0.1) is 0 Å².